The second-order valence-corrected chi connectivity index (χ2v) is 7.60. The van der Waals surface area contributed by atoms with Gasteiger partial charge in [-0.05, 0) is 23.6 Å². The lowest BCUT2D eigenvalue weighted by molar-refractivity contribution is 0.0961. The van der Waals surface area contributed by atoms with Crippen LogP contribution in [0.25, 0.3) is 11.1 Å². The molecule has 0 spiro atoms. The fourth-order valence-electron chi connectivity index (χ4n) is 3.32. The lowest BCUT2D eigenvalue weighted by atomic mass is 9.84. The Balaban J connectivity index is 1.85. The number of ketones is 1. The summed E-state index contributed by atoms with van der Waals surface area (Å²) in [6.45, 7) is 2.67. The van der Waals surface area contributed by atoms with E-state index in [9.17, 15) is 4.79 Å². The number of hydrogen-bond acceptors (Lipinski definition) is 3. The highest BCUT2D eigenvalue weighted by molar-refractivity contribution is 7.21. The minimum absolute atomic E-state index is 0.153. The van der Waals surface area contributed by atoms with E-state index in [1.54, 1.807) is 0 Å². The van der Waals surface area contributed by atoms with Crippen molar-refractivity contribution in [2.75, 3.05) is 11.9 Å². The average Bonchev–Trinajstić information content (AvgIpc) is 2.94. The Bertz CT molecular complexity index is 917. The van der Waals surface area contributed by atoms with Crippen molar-refractivity contribution in [2.24, 2.45) is 0 Å². The number of benzene rings is 2. The van der Waals surface area contributed by atoms with Gasteiger partial charge < -0.3 is 5.32 Å². The van der Waals surface area contributed by atoms with E-state index in [2.05, 4.69) is 18.3 Å². The highest BCUT2D eigenvalue weighted by atomic mass is 35.5. The molecule has 24 heavy (non-hydrogen) atoms. The van der Waals surface area contributed by atoms with Crippen LogP contribution in [0, 0.1) is 6.92 Å². The van der Waals surface area contributed by atoms with E-state index in [4.69, 9.17) is 11.6 Å². The minimum atomic E-state index is -0.174. The Hall–Kier alpha value is -2.10. The Morgan fingerprint density at radius 1 is 1.04 bits per heavy atom. The van der Waals surface area contributed by atoms with Gasteiger partial charge in [-0.3, -0.25) is 4.79 Å². The summed E-state index contributed by atoms with van der Waals surface area (Å²) in [5.74, 6) is -0.0214. The van der Waals surface area contributed by atoms with E-state index < -0.39 is 0 Å². The zero-order valence-electron chi connectivity index (χ0n) is 13.2. The van der Waals surface area contributed by atoms with Gasteiger partial charge in [-0.2, -0.15) is 0 Å². The zero-order chi connectivity index (χ0) is 16.7. The summed E-state index contributed by atoms with van der Waals surface area (Å²) in [6, 6.07) is 18.0. The van der Waals surface area contributed by atoms with Gasteiger partial charge in [-0.1, -0.05) is 66.2 Å². The number of rotatable bonds is 2. The third-order valence-electron chi connectivity index (χ3n) is 4.52. The standard InChI is InChI=1S/C20H16ClNOS/c1-12-7-5-6-10-14(12)15-11-22-20-17(18(15)23)16(19(21)24-20)13-8-3-2-4-9-13/h2-10,15,22H,11H2,1H3. The summed E-state index contributed by atoms with van der Waals surface area (Å²) in [5.41, 5.74) is 4.80. The maximum atomic E-state index is 13.3. The normalized spacial score (nSPS) is 16.6. The number of nitrogens with one attached hydrogen (secondary N) is 1. The molecule has 0 amide bonds. The molecule has 2 nitrogen and oxygen atoms in total. The lowest BCUT2D eigenvalue weighted by Crippen LogP contribution is -2.27. The van der Waals surface area contributed by atoms with Gasteiger partial charge in [0.05, 0.1) is 11.5 Å². The van der Waals surface area contributed by atoms with Crippen molar-refractivity contribution in [3.05, 3.63) is 75.6 Å². The first-order chi connectivity index (χ1) is 11.7. The van der Waals surface area contributed by atoms with Gasteiger partial charge in [-0.25, -0.2) is 0 Å². The third-order valence-corrected chi connectivity index (χ3v) is 5.88. The van der Waals surface area contributed by atoms with Crippen LogP contribution in [-0.2, 0) is 0 Å². The molecule has 1 aliphatic heterocycles. The van der Waals surface area contributed by atoms with Crippen LogP contribution in [0.3, 0.4) is 0 Å². The third kappa shape index (κ3) is 2.45. The van der Waals surface area contributed by atoms with Crippen LogP contribution in [0.15, 0.2) is 54.6 Å². The minimum Gasteiger partial charge on any atom is -0.375 e. The second-order valence-electron chi connectivity index (χ2n) is 5.98. The Labute approximate surface area is 150 Å². The molecule has 0 fully saturated rings. The van der Waals surface area contributed by atoms with E-state index in [1.807, 2.05) is 48.5 Å². The highest BCUT2D eigenvalue weighted by Gasteiger charge is 2.34. The summed E-state index contributed by atoms with van der Waals surface area (Å²) in [4.78, 5) is 13.3. The van der Waals surface area contributed by atoms with E-state index in [1.165, 1.54) is 11.3 Å². The molecule has 3 aromatic rings. The first-order valence-corrected chi connectivity index (χ1v) is 9.07. The maximum Gasteiger partial charge on any atom is 0.175 e. The smallest absolute Gasteiger partial charge is 0.175 e. The summed E-state index contributed by atoms with van der Waals surface area (Å²) in [5, 5.41) is 4.30. The molecule has 1 aliphatic rings. The molecule has 120 valence electrons. The second kappa shape index (κ2) is 6.08. The summed E-state index contributed by atoms with van der Waals surface area (Å²) >= 11 is 7.94. The van der Waals surface area contributed by atoms with Crippen molar-refractivity contribution >= 4 is 33.7 Å². The molecule has 2 aromatic carbocycles. The molecule has 1 aromatic heterocycles. The molecule has 1 unspecified atom stereocenters. The van der Waals surface area contributed by atoms with E-state index in [-0.39, 0.29) is 11.7 Å². The van der Waals surface area contributed by atoms with Gasteiger partial charge in [0.25, 0.3) is 0 Å². The Kier molecular flexibility index (Phi) is 3.91. The summed E-state index contributed by atoms with van der Waals surface area (Å²) < 4.78 is 0.664. The molecule has 4 rings (SSSR count). The first-order valence-electron chi connectivity index (χ1n) is 7.88. The summed E-state index contributed by atoms with van der Waals surface area (Å²) in [6.07, 6.45) is 0. The van der Waals surface area contributed by atoms with Gasteiger partial charge in [0.2, 0.25) is 0 Å². The molecule has 2 heterocycles. The molecule has 0 saturated heterocycles. The average molecular weight is 354 g/mol. The SMILES string of the molecule is Cc1ccccc1C1CNc2sc(Cl)c(-c3ccccc3)c2C1=O. The number of thiophene rings is 1. The largest absolute Gasteiger partial charge is 0.375 e. The molecular weight excluding hydrogens is 338 g/mol. The van der Waals surface area contributed by atoms with Gasteiger partial charge >= 0.3 is 0 Å². The number of aryl methyl sites for hydroxylation is 1. The van der Waals surface area contributed by atoms with Crippen LogP contribution in [0.2, 0.25) is 4.34 Å². The van der Waals surface area contributed by atoms with Crippen LogP contribution < -0.4 is 5.32 Å². The van der Waals surface area contributed by atoms with E-state index in [0.717, 1.165) is 32.8 Å². The first kappa shape index (κ1) is 15.4. The van der Waals surface area contributed by atoms with Crippen molar-refractivity contribution < 1.29 is 4.79 Å². The number of carbonyl (C=O) groups is 1. The molecule has 0 radical (unpaired) electrons. The van der Waals surface area contributed by atoms with Crippen molar-refractivity contribution in [1.29, 1.82) is 0 Å². The van der Waals surface area contributed by atoms with Crippen LogP contribution >= 0.6 is 22.9 Å². The lowest BCUT2D eigenvalue weighted by Gasteiger charge is -2.25. The number of carbonyl (C=O) groups excluding carboxylic acids is 1. The highest BCUT2D eigenvalue weighted by Crippen LogP contribution is 2.47. The predicted octanol–water partition coefficient (Wildman–Crippen LogP) is 5.77. The van der Waals surface area contributed by atoms with Crippen molar-refractivity contribution in [3.8, 4) is 11.1 Å². The molecule has 0 aliphatic carbocycles. The number of hydrogen-bond donors (Lipinski definition) is 1. The maximum absolute atomic E-state index is 13.3. The van der Waals surface area contributed by atoms with Crippen molar-refractivity contribution in [3.63, 3.8) is 0 Å². The van der Waals surface area contributed by atoms with Crippen LogP contribution in [0.1, 0.15) is 27.4 Å². The number of Topliss-reactive ketones (excluding diaryl/α,β-unsaturated/α-hetero) is 1. The molecule has 0 bridgehead atoms. The molecule has 1 N–H and O–H groups in total. The molecule has 1 atom stereocenters. The van der Waals surface area contributed by atoms with E-state index >= 15 is 0 Å². The van der Waals surface area contributed by atoms with Crippen LogP contribution in [-0.4, -0.2) is 12.3 Å². The zero-order valence-corrected chi connectivity index (χ0v) is 14.7. The molecule has 4 heteroatoms. The van der Waals surface area contributed by atoms with Gasteiger partial charge in [-0.15, -0.1) is 11.3 Å². The van der Waals surface area contributed by atoms with Crippen LogP contribution in [0.5, 0.6) is 0 Å². The number of anilines is 1. The quantitative estimate of drug-likeness (QED) is 0.633. The van der Waals surface area contributed by atoms with E-state index in [0.29, 0.717) is 10.9 Å². The summed E-state index contributed by atoms with van der Waals surface area (Å²) in [7, 11) is 0. The molecular formula is C20H16ClNOS. The Morgan fingerprint density at radius 3 is 2.50 bits per heavy atom. The fraction of sp³-hybridized carbons (Fsp3) is 0.150. The Morgan fingerprint density at radius 2 is 1.75 bits per heavy atom. The van der Waals surface area contributed by atoms with Gasteiger partial charge in [0.1, 0.15) is 9.34 Å². The van der Waals surface area contributed by atoms with Crippen molar-refractivity contribution in [1.82, 2.24) is 0 Å². The number of fused-ring (bicyclic) bond motifs is 1. The molecule has 0 saturated carbocycles. The topological polar surface area (TPSA) is 29.1 Å². The predicted molar refractivity (Wildman–Crippen MR) is 102 cm³/mol. The van der Waals surface area contributed by atoms with Gasteiger partial charge in [0, 0.05) is 12.1 Å². The number of halogens is 1. The van der Waals surface area contributed by atoms with Gasteiger partial charge in [0.15, 0.2) is 5.78 Å². The fourth-order valence-corrected chi connectivity index (χ4v) is 4.71. The van der Waals surface area contributed by atoms with Crippen molar-refractivity contribution in [2.45, 2.75) is 12.8 Å². The van der Waals surface area contributed by atoms with Crippen LogP contribution in [0.4, 0.5) is 5.00 Å². The monoisotopic (exact) mass is 353 g/mol.